The van der Waals surface area contributed by atoms with Gasteiger partial charge in [-0.15, -0.1) is 0 Å². The van der Waals surface area contributed by atoms with Crippen LogP contribution >= 0.6 is 23.8 Å². The van der Waals surface area contributed by atoms with Crippen LogP contribution in [0.5, 0.6) is 0 Å². The first kappa shape index (κ1) is 9.42. The number of aromatic nitrogens is 1. The Hall–Kier alpha value is -0.670. The van der Waals surface area contributed by atoms with Gasteiger partial charge in [-0.2, -0.15) is 0 Å². The molecular weight excluding hydrogens is 192 g/mol. The van der Waals surface area contributed by atoms with Gasteiger partial charge in [0.1, 0.15) is 10.1 Å². The van der Waals surface area contributed by atoms with Crippen LogP contribution in [-0.2, 0) is 0 Å². The van der Waals surface area contributed by atoms with E-state index < -0.39 is 0 Å². The minimum absolute atomic E-state index is 0.448. The Bertz CT molecular complexity index is 288. The lowest BCUT2D eigenvalue weighted by Gasteiger charge is -2.05. The fourth-order valence-electron chi connectivity index (χ4n) is 0.811. The van der Waals surface area contributed by atoms with E-state index in [2.05, 4.69) is 10.3 Å². The van der Waals surface area contributed by atoms with E-state index in [1.165, 1.54) is 0 Å². The van der Waals surface area contributed by atoms with E-state index >= 15 is 0 Å². The Morgan fingerprint density at radius 2 is 2.50 bits per heavy atom. The van der Waals surface area contributed by atoms with Crippen LogP contribution in [0, 0.1) is 0 Å². The summed E-state index contributed by atoms with van der Waals surface area (Å²) in [5, 5.41) is 3.46. The fraction of sp³-hybridized carbons (Fsp3) is 0.250. The van der Waals surface area contributed by atoms with Crippen molar-refractivity contribution in [1.29, 1.82) is 0 Å². The highest BCUT2D eigenvalue weighted by atomic mass is 35.5. The molecule has 1 heterocycles. The van der Waals surface area contributed by atoms with Crippen LogP contribution in [0.15, 0.2) is 18.3 Å². The standard InChI is InChI=1S/C8H9ClN2S/c1-2-10-8(12)6-4-3-5-11-7(6)9/h3-5H,2H2,1H3,(H,10,12). The molecule has 4 heteroatoms. The maximum atomic E-state index is 5.82. The number of rotatable bonds is 2. The molecule has 0 aromatic carbocycles. The second-order valence-electron chi connectivity index (χ2n) is 2.20. The first-order valence-electron chi connectivity index (χ1n) is 3.64. The Morgan fingerprint density at radius 3 is 3.08 bits per heavy atom. The van der Waals surface area contributed by atoms with Crippen molar-refractivity contribution >= 4 is 28.8 Å². The van der Waals surface area contributed by atoms with Gasteiger partial charge in [-0.3, -0.25) is 0 Å². The van der Waals surface area contributed by atoms with Crippen molar-refractivity contribution < 1.29 is 0 Å². The molecule has 0 saturated carbocycles. The molecule has 2 nitrogen and oxygen atoms in total. The van der Waals surface area contributed by atoms with E-state index in [-0.39, 0.29) is 0 Å². The number of nitrogens with one attached hydrogen (secondary N) is 1. The molecule has 0 amide bonds. The average Bonchev–Trinajstić information content (AvgIpc) is 2.05. The molecule has 0 aliphatic heterocycles. The van der Waals surface area contributed by atoms with Crippen LogP contribution < -0.4 is 5.32 Å². The molecule has 12 heavy (non-hydrogen) atoms. The second-order valence-corrected chi connectivity index (χ2v) is 2.97. The number of halogens is 1. The highest BCUT2D eigenvalue weighted by Gasteiger charge is 2.04. The molecule has 1 N–H and O–H groups in total. The summed E-state index contributed by atoms with van der Waals surface area (Å²) < 4.78 is 0. The maximum Gasteiger partial charge on any atom is 0.139 e. The summed E-state index contributed by atoms with van der Waals surface area (Å²) >= 11 is 10.9. The van der Waals surface area contributed by atoms with Crippen molar-refractivity contribution in [3.8, 4) is 0 Å². The van der Waals surface area contributed by atoms with Crippen molar-refractivity contribution in [1.82, 2.24) is 10.3 Å². The zero-order valence-corrected chi connectivity index (χ0v) is 8.25. The van der Waals surface area contributed by atoms with Gasteiger partial charge in [0.05, 0.1) is 0 Å². The van der Waals surface area contributed by atoms with Gasteiger partial charge in [-0.1, -0.05) is 23.8 Å². The largest absolute Gasteiger partial charge is 0.376 e. The van der Waals surface area contributed by atoms with Crippen molar-refractivity contribution in [2.75, 3.05) is 6.54 Å². The van der Waals surface area contributed by atoms with Crippen molar-refractivity contribution in [3.05, 3.63) is 29.0 Å². The first-order chi connectivity index (χ1) is 5.75. The summed E-state index contributed by atoms with van der Waals surface area (Å²) in [6.07, 6.45) is 1.64. The lowest BCUT2D eigenvalue weighted by Crippen LogP contribution is -2.21. The quantitative estimate of drug-likeness (QED) is 0.584. The highest BCUT2D eigenvalue weighted by Crippen LogP contribution is 2.11. The molecule has 0 aliphatic carbocycles. The molecule has 0 atom stereocenters. The smallest absolute Gasteiger partial charge is 0.139 e. The van der Waals surface area contributed by atoms with Gasteiger partial charge in [-0.25, -0.2) is 4.98 Å². The summed E-state index contributed by atoms with van der Waals surface area (Å²) in [4.78, 5) is 4.57. The molecule has 0 bridgehead atoms. The lowest BCUT2D eigenvalue weighted by atomic mass is 10.3. The van der Waals surface area contributed by atoms with Crippen molar-refractivity contribution in [3.63, 3.8) is 0 Å². The minimum atomic E-state index is 0.448. The SMILES string of the molecule is CCNC(=S)c1cccnc1Cl. The van der Waals surface area contributed by atoms with Crippen molar-refractivity contribution in [2.45, 2.75) is 6.92 Å². The zero-order chi connectivity index (χ0) is 8.97. The van der Waals surface area contributed by atoms with E-state index in [0.717, 1.165) is 12.1 Å². The van der Waals surface area contributed by atoms with Crippen LogP contribution in [0.3, 0.4) is 0 Å². The summed E-state index contributed by atoms with van der Waals surface area (Å²) in [7, 11) is 0. The highest BCUT2D eigenvalue weighted by molar-refractivity contribution is 7.80. The predicted molar refractivity (Wildman–Crippen MR) is 54.6 cm³/mol. The van der Waals surface area contributed by atoms with Gasteiger partial charge in [0.2, 0.25) is 0 Å². The van der Waals surface area contributed by atoms with Crippen LogP contribution in [-0.4, -0.2) is 16.5 Å². The molecule has 64 valence electrons. The molecule has 0 spiro atoms. The Morgan fingerprint density at radius 1 is 1.75 bits per heavy atom. The molecule has 0 radical (unpaired) electrons. The number of hydrogen-bond donors (Lipinski definition) is 1. The second kappa shape index (κ2) is 4.38. The summed E-state index contributed by atoms with van der Waals surface area (Å²) in [6, 6.07) is 3.66. The molecule has 0 saturated heterocycles. The topological polar surface area (TPSA) is 24.9 Å². The molecule has 0 unspecified atom stereocenters. The first-order valence-corrected chi connectivity index (χ1v) is 4.43. The number of nitrogens with zero attached hydrogens (tertiary/aromatic N) is 1. The third kappa shape index (κ3) is 2.16. The monoisotopic (exact) mass is 200 g/mol. The third-order valence-corrected chi connectivity index (χ3v) is 2.01. The van der Waals surface area contributed by atoms with Gasteiger partial charge in [-0.05, 0) is 19.1 Å². The molecule has 1 aromatic heterocycles. The van der Waals surface area contributed by atoms with Gasteiger partial charge in [0.15, 0.2) is 0 Å². The van der Waals surface area contributed by atoms with Crippen molar-refractivity contribution in [2.24, 2.45) is 0 Å². The summed E-state index contributed by atoms with van der Waals surface area (Å²) in [6.45, 7) is 2.78. The van der Waals surface area contributed by atoms with E-state index in [1.54, 1.807) is 6.20 Å². The van der Waals surface area contributed by atoms with E-state index in [1.807, 2.05) is 19.1 Å². The molecule has 0 fully saturated rings. The molecule has 1 aromatic rings. The summed E-state index contributed by atoms with van der Waals surface area (Å²) in [5.41, 5.74) is 0.788. The number of thiocarbonyl (C=S) groups is 1. The zero-order valence-electron chi connectivity index (χ0n) is 6.67. The van der Waals surface area contributed by atoms with Crippen LogP contribution in [0.4, 0.5) is 0 Å². The van der Waals surface area contributed by atoms with E-state index in [9.17, 15) is 0 Å². The maximum absolute atomic E-state index is 5.82. The molecule has 1 rings (SSSR count). The third-order valence-electron chi connectivity index (χ3n) is 1.34. The predicted octanol–water partition coefficient (Wildman–Crippen LogP) is 2.02. The van der Waals surface area contributed by atoms with Crippen LogP contribution in [0.1, 0.15) is 12.5 Å². The molecule has 0 aliphatic rings. The van der Waals surface area contributed by atoms with Gasteiger partial charge in [0.25, 0.3) is 0 Å². The Balaban J connectivity index is 2.87. The number of pyridine rings is 1. The Labute approximate surface area is 82.0 Å². The fourth-order valence-corrected chi connectivity index (χ4v) is 1.39. The van der Waals surface area contributed by atoms with Crippen LogP contribution in [0.2, 0.25) is 5.15 Å². The summed E-state index contributed by atoms with van der Waals surface area (Å²) in [5.74, 6) is 0. The number of hydrogen-bond acceptors (Lipinski definition) is 2. The van der Waals surface area contributed by atoms with Gasteiger partial charge >= 0.3 is 0 Å². The Kier molecular flexibility index (Phi) is 3.44. The van der Waals surface area contributed by atoms with Gasteiger partial charge < -0.3 is 5.32 Å². The van der Waals surface area contributed by atoms with Gasteiger partial charge in [0, 0.05) is 18.3 Å². The minimum Gasteiger partial charge on any atom is -0.376 e. The average molecular weight is 201 g/mol. The van der Waals surface area contributed by atoms with Crippen LogP contribution in [0.25, 0.3) is 0 Å². The normalized spacial score (nSPS) is 9.50. The lowest BCUT2D eigenvalue weighted by molar-refractivity contribution is 0.981. The van der Waals surface area contributed by atoms with E-state index in [0.29, 0.717) is 10.1 Å². The molecular formula is C8H9ClN2S. The van der Waals surface area contributed by atoms with E-state index in [4.69, 9.17) is 23.8 Å².